The topological polar surface area (TPSA) is 127 Å². The van der Waals surface area contributed by atoms with E-state index in [0.717, 1.165) is 0 Å². The average Bonchev–Trinajstić information content (AvgIpc) is 2.08. The van der Waals surface area contributed by atoms with Crippen LogP contribution in [0.4, 0.5) is 0 Å². The Kier molecular flexibility index (Phi) is 6.25. The lowest BCUT2D eigenvalue weighted by Gasteiger charge is -2.46. The van der Waals surface area contributed by atoms with Gasteiger partial charge in [0.15, 0.2) is 19.1 Å². The zero-order valence-electron chi connectivity index (χ0n) is 9.77. The molecular weight excluding hydrogens is 253 g/mol. The van der Waals surface area contributed by atoms with Crippen molar-refractivity contribution in [2.24, 2.45) is 0 Å². The van der Waals surface area contributed by atoms with Crippen molar-refractivity contribution in [3.63, 3.8) is 0 Å². The van der Waals surface area contributed by atoms with Crippen LogP contribution in [0.25, 0.3) is 0 Å². The number of hydroxylamine groups is 3. The Morgan fingerprint density at radius 2 is 2.06 bits per heavy atom. The summed E-state index contributed by atoms with van der Waals surface area (Å²) < 4.78 is 14.2. The number of methoxy groups -OCH3 is 1. The summed E-state index contributed by atoms with van der Waals surface area (Å²) in [6.07, 6.45) is -1.42. The minimum absolute atomic E-state index is 0.229. The fourth-order valence-electron chi connectivity index (χ4n) is 1.58. The predicted molar refractivity (Wildman–Crippen MR) is 58.7 cm³/mol. The van der Waals surface area contributed by atoms with Crippen LogP contribution < -0.4 is 0 Å². The Bertz CT molecular complexity index is 304. The average molecular weight is 271 g/mol. The number of carbonyl (C=O) groups is 1. The Labute approximate surface area is 99.1 Å². The van der Waals surface area contributed by atoms with Crippen LogP contribution in [0.2, 0.25) is 0 Å². The summed E-state index contributed by atoms with van der Waals surface area (Å²) in [5.41, 5.74) is 0. The number of quaternary nitrogens is 1. The van der Waals surface area contributed by atoms with Crippen LogP contribution in [0, 0.1) is 5.21 Å². The maximum absolute atomic E-state index is 12.2. The van der Waals surface area contributed by atoms with Crippen LogP contribution in [0.15, 0.2) is 0 Å². The first kappa shape index (κ1) is 16.5. The van der Waals surface area contributed by atoms with Crippen LogP contribution in [0.1, 0.15) is 19.8 Å². The molecule has 0 amide bonds. The van der Waals surface area contributed by atoms with Crippen molar-refractivity contribution < 1.29 is 33.6 Å². The molecule has 0 saturated heterocycles. The van der Waals surface area contributed by atoms with Gasteiger partial charge in [-0.25, -0.2) is 4.79 Å². The number of hydrogen-bond acceptors (Lipinski definition) is 4. The molecule has 0 aromatic rings. The van der Waals surface area contributed by atoms with Crippen molar-refractivity contribution in [3.05, 3.63) is 5.21 Å². The Morgan fingerprint density at radius 3 is 2.35 bits per heavy atom. The zero-order valence-corrected chi connectivity index (χ0v) is 10.7. The van der Waals surface area contributed by atoms with Crippen LogP contribution in [0.3, 0.4) is 0 Å². The maximum atomic E-state index is 12.2. The van der Waals surface area contributed by atoms with E-state index in [1.165, 1.54) is 7.11 Å². The van der Waals surface area contributed by atoms with Gasteiger partial charge in [-0.3, -0.25) is 4.57 Å². The molecule has 0 aromatic heterocycles. The van der Waals surface area contributed by atoms with Gasteiger partial charge in [-0.15, -0.1) is 0 Å². The highest BCUT2D eigenvalue weighted by Gasteiger charge is 2.37. The molecular formula is C8H18NO7P. The van der Waals surface area contributed by atoms with Crippen molar-refractivity contribution in [3.8, 4) is 0 Å². The third kappa shape index (κ3) is 6.11. The van der Waals surface area contributed by atoms with Gasteiger partial charge in [0.25, 0.3) is 0 Å². The third-order valence-corrected chi connectivity index (χ3v) is 3.01. The van der Waals surface area contributed by atoms with Crippen LogP contribution >= 0.6 is 7.60 Å². The number of hydrogen-bond donors (Lipinski definition) is 3. The highest BCUT2D eigenvalue weighted by molar-refractivity contribution is 7.51. The summed E-state index contributed by atoms with van der Waals surface area (Å²) in [6, 6.07) is 0. The summed E-state index contributed by atoms with van der Waals surface area (Å²) in [6.45, 7) is 0.818. The Hall–Kier alpha value is -0.500. The van der Waals surface area contributed by atoms with Gasteiger partial charge in [0, 0.05) is 13.5 Å². The monoisotopic (exact) mass is 271 g/mol. The number of nitrogens with zero attached hydrogens (tertiary/aromatic N) is 1. The molecule has 0 aromatic carbocycles. The van der Waals surface area contributed by atoms with Crippen molar-refractivity contribution in [1.82, 2.24) is 0 Å². The number of rotatable bonds is 8. The van der Waals surface area contributed by atoms with Crippen molar-refractivity contribution in [2.45, 2.75) is 26.0 Å². The van der Waals surface area contributed by atoms with Gasteiger partial charge < -0.3 is 29.5 Å². The first-order valence-electron chi connectivity index (χ1n) is 5.01. The van der Waals surface area contributed by atoms with E-state index in [4.69, 9.17) is 19.6 Å². The number of carboxylic acids is 1. The molecule has 0 bridgehead atoms. The van der Waals surface area contributed by atoms with E-state index in [-0.39, 0.29) is 6.42 Å². The molecule has 0 aliphatic heterocycles. The highest BCUT2D eigenvalue weighted by atomic mass is 31.2. The standard InChI is InChI=1S/C8H18NO7P/c1-3-4-7(16-2)9(12,5-8(10)11)6-17(13,14)15/h7H,3-6H2,1-2H3,(H,10,11)(H2,13,14,15). The number of carboxylic acid groups (broad SMARTS) is 1. The predicted octanol–water partition coefficient (Wildman–Crippen LogP) is 0.293. The lowest BCUT2D eigenvalue weighted by molar-refractivity contribution is -0.912. The minimum Gasteiger partial charge on any atom is -0.630 e. The molecule has 0 heterocycles. The van der Waals surface area contributed by atoms with E-state index in [2.05, 4.69) is 0 Å². The van der Waals surface area contributed by atoms with Crippen molar-refractivity contribution >= 4 is 13.6 Å². The lowest BCUT2D eigenvalue weighted by Crippen LogP contribution is -2.54. The first-order valence-corrected chi connectivity index (χ1v) is 6.81. The molecule has 3 N–H and O–H groups in total. The summed E-state index contributed by atoms with van der Waals surface area (Å²) in [4.78, 5) is 28.3. The van der Waals surface area contributed by atoms with E-state index >= 15 is 0 Å². The molecule has 0 spiro atoms. The molecule has 0 radical (unpaired) electrons. The van der Waals surface area contributed by atoms with E-state index in [1.54, 1.807) is 6.92 Å². The number of aliphatic carboxylic acids is 1. The quantitative estimate of drug-likeness (QED) is 0.250. The lowest BCUT2D eigenvalue weighted by atomic mass is 10.3. The molecule has 8 nitrogen and oxygen atoms in total. The van der Waals surface area contributed by atoms with Gasteiger partial charge in [-0.1, -0.05) is 6.92 Å². The Balaban J connectivity index is 5.05. The van der Waals surface area contributed by atoms with Gasteiger partial charge in [0.1, 0.15) is 0 Å². The molecule has 0 saturated carbocycles. The Morgan fingerprint density at radius 1 is 1.53 bits per heavy atom. The smallest absolute Gasteiger partial charge is 0.379 e. The second kappa shape index (κ2) is 6.44. The van der Waals surface area contributed by atoms with E-state index in [1.807, 2.05) is 0 Å². The molecule has 0 aliphatic rings. The van der Waals surface area contributed by atoms with Crippen LogP contribution in [0.5, 0.6) is 0 Å². The van der Waals surface area contributed by atoms with E-state index < -0.39 is 37.3 Å². The fraction of sp³-hybridized carbons (Fsp3) is 0.875. The molecule has 17 heavy (non-hydrogen) atoms. The molecule has 2 atom stereocenters. The third-order valence-electron chi connectivity index (χ3n) is 2.16. The molecule has 102 valence electrons. The molecule has 9 heteroatoms. The minimum atomic E-state index is -4.62. The van der Waals surface area contributed by atoms with Crippen LogP contribution in [-0.2, 0) is 14.1 Å². The van der Waals surface area contributed by atoms with Gasteiger partial charge in [-0.2, -0.15) is 0 Å². The second-order valence-corrected chi connectivity index (χ2v) is 5.40. The summed E-state index contributed by atoms with van der Waals surface area (Å²) in [7, 11) is -3.40. The van der Waals surface area contributed by atoms with E-state index in [0.29, 0.717) is 6.42 Å². The number of ether oxygens (including phenoxy) is 1. The summed E-state index contributed by atoms with van der Waals surface area (Å²) in [5.74, 6) is -1.42. The largest absolute Gasteiger partial charge is 0.630 e. The second-order valence-electron chi connectivity index (χ2n) is 3.79. The zero-order chi connectivity index (χ0) is 13.7. The van der Waals surface area contributed by atoms with Crippen molar-refractivity contribution in [2.75, 3.05) is 19.9 Å². The van der Waals surface area contributed by atoms with Gasteiger partial charge in [0.05, 0.1) is 0 Å². The maximum Gasteiger partial charge on any atom is 0.379 e. The van der Waals surface area contributed by atoms with E-state index in [9.17, 15) is 14.6 Å². The molecule has 0 fully saturated rings. The summed E-state index contributed by atoms with van der Waals surface area (Å²) in [5, 5.41) is 20.8. The van der Waals surface area contributed by atoms with Crippen LogP contribution in [-0.4, -0.2) is 51.7 Å². The molecule has 0 aliphatic carbocycles. The normalized spacial score (nSPS) is 17.5. The SMILES string of the molecule is CCCC(OC)[N+]([O-])(CC(=O)O)CP(=O)(O)O. The molecule has 2 unspecified atom stereocenters. The summed E-state index contributed by atoms with van der Waals surface area (Å²) >= 11 is 0. The van der Waals surface area contributed by atoms with Gasteiger partial charge in [-0.05, 0) is 6.42 Å². The molecule has 0 rings (SSSR count). The van der Waals surface area contributed by atoms with Crippen molar-refractivity contribution in [1.29, 1.82) is 0 Å². The van der Waals surface area contributed by atoms with Gasteiger partial charge in [0.2, 0.25) is 0 Å². The fourth-order valence-corrected chi connectivity index (χ4v) is 2.48. The first-order chi connectivity index (χ1) is 7.64. The van der Waals surface area contributed by atoms with Gasteiger partial charge >= 0.3 is 13.6 Å². The highest BCUT2D eigenvalue weighted by Crippen LogP contribution is 2.39.